The van der Waals surface area contributed by atoms with Crippen LogP contribution < -0.4 is 5.32 Å². The highest BCUT2D eigenvalue weighted by atomic mass is 35.5. The number of halogens is 2. The maximum absolute atomic E-state index is 12.4. The van der Waals surface area contributed by atoms with E-state index in [-0.39, 0.29) is 16.4 Å². The van der Waals surface area contributed by atoms with Crippen molar-refractivity contribution in [1.82, 2.24) is 4.98 Å². The molecule has 0 radical (unpaired) electrons. The lowest BCUT2D eigenvalue weighted by Gasteiger charge is -2.15. The molecule has 0 aliphatic rings. The summed E-state index contributed by atoms with van der Waals surface area (Å²) in [5.41, 5.74) is 0.162. The van der Waals surface area contributed by atoms with Crippen molar-refractivity contribution in [2.45, 2.75) is 24.8 Å². The van der Waals surface area contributed by atoms with Gasteiger partial charge < -0.3 is 10.1 Å². The van der Waals surface area contributed by atoms with E-state index in [0.29, 0.717) is 15.7 Å². The average Bonchev–Trinajstić information content (AvgIpc) is 2.63. The summed E-state index contributed by atoms with van der Waals surface area (Å²) in [4.78, 5) is 28.9. The van der Waals surface area contributed by atoms with Crippen molar-refractivity contribution in [3.8, 4) is 0 Å². The molecule has 1 heterocycles. The lowest BCUT2D eigenvalue weighted by Crippen LogP contribution is -2.30. The van der Waals surface area contributed by atoms with Crippen molar-refractivity contribution in [2.75, 3.05) is 11.1 Å². The van der Waals surface area contributed by atoms with E-state index in [1.54, 1.807) is 25.1 Å². The summed E-state index contributed by atoms with van der Waals surface area (Å²) < 4.78 is 17.2. The summed E-state index contributed by atoms with van der Waals surface area (Å²) in [5, 5.41) is 2.95. The highest BCUT2D eigenvalue weighted by Gasteiger charge is 2.23. The standard InChI is InChI=1S/C17H16Cl2N2O4S/c1-3-26(24)14-7-5-4-6-12(14)17(23)25-10(2)16(22)21-15-13(19)8-11(18)9-20-15/h4-10H,3H2,1-2H3,(H,20,21,22)/t10-,26-/m1/s1. The van der Waals surface area contributed by atoms with E-state index in [4.69, 9.17) is 27.9 Å². The van der Waals surface area contributed by atoms with Crippen molar-refractivity contribution in [3.05, 3.63) is 52.1 Å². The fourth-order valence-corrected chi connectivity index (χ4v) is 3.36. The lowest BCUT2D eigenvalue weighted by molar-refractivity contribution is -0.123. The van der Waals surface area contributed by atoms with Crippen molar-refractivity contribution in [1.29, 1.82) is 0 Å². The number of nitrogens with one attached hydrogen (secondary N) is 1. The number of hydrogen-bond donors (Lipinski definition) is 1. The minimum atomic E-state index is -1.33. The molecule has 1 aromatic carbocycles. The maximum atomic E-state index is 12.4. The van der Waals surface area contributed by atoms with Gasteiger partial charge in [0.05, 0.1) is 31.3 Å². The number of nitrogens with zero attached hydrogens (tertiary/aromatic N) is 1. The quantitative estimate of drug-likeness (QED) is 0.728. The summed E-state index contributed by atoms with van der Waals surface area (Å²) in [6.45, 7) is 3.16. The van der Waals surface area contributed by atoms with Crippen LogP contribution in [0.5, 0.6) is 0 Å². The monoisotopic (exact) mass is 414 g/mol. The van der Waals surface area contributed by atoms with Gasteiger partial charge in [-0.2, -0.15) is 0 Å². The number of esters is 1. The molecule has 0 saturated heterocycles. The SMILES string of the molecule is CC[S@@](=O)c1ccccc1C(=O)O[C@H](C)C(=O)Nc1ncc(Cl)cc1Cl. The molecular formula is C17H16Cl2N2O4S. The van der Waals surface area contributed by atoms with Crippen LogP contribution in [0.15, 0.2) is 41.4 Å². The average molecular weight is 415 g/mol. The minimum Gasteiger partial charge on any atom is -0.449 e. The minimum absolute atomic E-state index is 0.108. The molecule has 6 nitrogen and oxygen atoms in total. The molecule has 138 valence electrons. The number of aromatic nitrogens is 1. The third-order valence-corrected chi connectivity index (χ3v) is 5.18. The van der Waals surface area contributed by atoms with Gasteiger partial charge in [0.15, 0.2) is 11.9 Å². The first-order chi connectivity index (χ1) is 12.3. The molecule has 0 saturated carbocycles. The third-order valence-electron chi connectivity index (χ3n) is 3.32. The molecule has 1 amide bonds. The molecule has 1 N–H and O–H groups in total. The van der Waals surface area contributed by atoms with E-state index < -0.39 is 28.8 Å². The predicted octanol–water partition coefficient (Wildman–Crippen LogP) is 3.70. The molecule has 2 atom stereocenters. The number of carbonyl (C=O) groups is 2. The van der Waals surface area contributed by atoms with E-state index in [2.05, 4.69) is 10.3 Å². The van der Waals surface area contributed by atoms with Crippen LogP contribution in [0.4, 0.5) is 5.82 Å². The molecule has 0 aliphatic carbocycles. The van der Waals surface area contributed by atoms with Crippen LogP contribution in [0.1, 0.15) is 24.2 Å². The van der Waals surface area contributed by atoms with Crippen LogP contribution in [-0.2, 0) is 20.3 Å². The summed E-state index contributed by atoms with van der Waals surface area (Å²) in [6, 6.07) is 7.85. The number of hydrogen-bond acceptors (Lipinski definition) is 5. The van der Waals surface area contributed by atoms with Crippen LogP contribution in [0.25, 0.3) is 0 Å². The second-order valence-electron chi connectivity index (χ2n) is 5.15. The predicted molar refractivity (Wildman–Crippen MR) is 101 cm³/mol. The topological polar surface area (TPSA) is 85.4 Å². The molecule has 9 heteroatoms. The Labute approximate surface area is 163 Å². The van der Waals surface area contributed by atoms with Gasteiger partial charge in [0, 0.05) is 11.9 Å². The fraction of sp³-hybridized carbons (Fsp3) is 0.235. The number of rotatable bonds is 6. The van der Waals surface area contributed by atoms with Crippen LogP contribution in [0, 0.1) is 0 Å². The Balaban J connectivity index is 2.09. The highest BCUT2D eigenvalue weighted by molar-refractivity contribution is 7.85. The van der Waals surface area contributed by atoms with Gasteiger partial charge in [-0.05, 0) is 25.1 Å². The molecule has 2 rings (SSSR count). The zero-order valence-electron chi connectivity index (χ0n) is 14.0. The Hall–Kier alpha value is -1.96. The maximum Gasteiger partial charge on any atom is 0.340 e. The number of pyridine rings is 1. The Morgan fingerprint density at radius 2 is 2.00 bits per heavy atom. The van der Waals surface area contributed by atoms with Gasteiger partial charge >= 0.3 is 5.97 Å². The summed E-state index contributed by atoms with van der Waals surface area (Å²) >= 11 is 11.7. The van der Waals surface area contributed by atoms with E-state index >= 15 is 0 Å². The Bertz CT molecular complexity index is 860. The van der Waals surface area contributed by atoms with Gasteiger partial charge in [-0.1, -0.05) is 42.3 Å². The van der Waals surface area contributed by atoms with Gasteiger partial charge in [-0.15, -0.1) is 0 Å². The van der Waals surface area contributed by atoms with Gasteiger partial charge in [-0.3, -0.25) is 9.00 Å². The van der Waals surface area contributed by atoms with E-state index in [1.807, 2.05) is 0 Å². The first-order valence-corrected chi connectivity index (χ1v) is 9.71. The molecule has 0 unspecified atom stereocenters. The summed E-state index contributed by atoms with van der Waals surface area (Å²) in [5.74, 6) is -0.873. The van der Waals surface area contributed by atoms with Crippen LogP contribution in [0.3, 0.4) is 0 Å². The second-order valence-corrected chi connectivity index (χ2v) is 7.70. The molecule has 0 fully saturated rings. The first-order valence-electron chi connectivity index (χ1n) is 7.63. The van der Waals surface area contributed by atoms with Crippen LogP contribution >= 0.6 is 23.2 Å². The van der Waals surface area contributed by atoms with Gasteiger partial charge in [0.1, 0.15) is 0 Å². The summed E-state index contributed by atoms with van der Waals surface area (Å²) in [6.07, 6.45) is 0.218. The zero-order valence-corrected chi connectivity index (χ0v) is 16.3. The molecule has 2 aromatic rings. The molecular weight excluding hydrogens is 399 g/mol. The summed E-state index contributed by atoms with van der Waals surface area (Å²) in [7, 11) is -1.33. The Morgan fingerprint density at radius 1 is 1.31 bits per heavy atom. The molecule has 0 aliphatic heterocycles. The number of anilines is 1. The van der Waals surface area contributed by atoms with Crippen molar-refractivity contribution < 1.29 is 18.5 Å². The Morgan fingerprint density at radius 3 is 2.65 bits per heavy atom. The number of amides is 1. The number of ether oxygens (including phenoxy) is 1. The number of carbonyl (C=O) groups excluding carboxylic acids is 2. The largest absolute Gasteiger partial charge is 0.449 e. The van der Waals surface area contributed by atoms with Crippen molar-refractivity contribution in [2.24, 2.45) is 0 Å². The number of benzene rings is 1. The van der Waals surface area contributed by atoms with Gasteiger partial charge in [0.2, 0.25) is 0 Å². The molecule has 1 aromatic heterocycles. The second kappa shape index (κ2) is 9.12. The van der Waals surface area contributed by atoms with Crippen molar-refractivity contribution in [3.63, 3.8) is 0 Å². The Kier molecular flexibility index (Phi) is 7.14. The third kappa shape index (κ3) is 5.03. The fourth-order valence-electron chi connectivity index (χ4n) is 1.99. The van der Waals surface area contributed by atoms with Gasteiger partial charge in [0.25, 0.3) is 5.91 Å². The molecule has 0 bridgehead atoms. The van der Waals surface area contributed by atoms with E-state index in [1.165, 1.54) is 25.3 Å². The molecule has 0 spiro atoms. The van der Waals surface area contributed by atoms with Gasteiger partial charge in [-0.25, -0.2) is 9.78 Å². The van der Waals surface area contributed by atoms with Crippen LogP contribution in [0.2, 0.25) is 10.0 Å². The highest BCUT2D eigenvalue weighted by Crippen LogP contribution is 2.23. The normalized spacial score (nSPS) is 12.9. The van der Waals surface area contributed by atoms with E-state index in [0.717, 1.165) is 0 Å². The van der Waals surface area contributed by atoms with Crippen LogP contribution in [-0.4, -0.2) is 32.9 Å². The zero-order chi connectivity index (χ0) is 19.3. The first kappa shape index (κ1) is 20.4. The molecule has 26 heavy (non-hydrogen) atoms. The lowest BCUT2D eigenvalue weighted by atomic mass is 10.2. The van der Waals surface area contributed by atoms with Crippen molar-refractivity contribution >= 4 is 51.7 Å². The smallest absolute Gasteiger partial charge is 0.340 e. The van der Waals surface area contributed by atoms with E-state index in [9.17, 15) is 13.8 Å².